The van der Waals surface area contributed by atoms with Crippen molar-refractivity contribution in [3.63, 3.8) is 0 Å². The molecule has 0 aliphatic heterocycles. The second kappa shape index (κ2) is 7.14. The molecule has 0 saturated heterocycles. The zero-order valence-electron chi connectivity index (χ0n) is 11.3. The Hall–Kier alpha value is -1.76. The minimum atomic E-state index is -0.822. The van der Waals surface area contributed by atoms with Gasteiger partial charge in [0.25, 0.3) is 0 Å². The molecule has 3 N–H and O–H groups in total. The van der Waals surface area contributed by atoms with Crippen LogP contribution in [-0.2, 0) is 0 Å². The van der Waals surface area contributed by atoms with Gasteiger partial charge in [-0.15, -0.1) is 0 Å². The van der Waals surface area contributed by atoms with Gasteiger partial charge in [0.15, 0.2) is 0 Å². The highest BCUT2D eigenvalue weighted by molar-refractivity contribution is 7.80. The number of rotatable bonds is 5. The van der Waals surface area contributed by atoms with E-state index in [0.717, 1.165) is 6.07 Å². The van der Waals surface area contributed by atoms with Crippen molar-refractivity contribution in [3.05, 3.63) is 29.8 Å². The Morgan fingerprint density at radius 3 is 2.65 bits per heavy atom. The van der Waals surface area contributed by atoms with E-state index in [0.29, 0.717) is 24.1 Å². The number of nitrogens with one attached hydrogen (secondary N) is 1. The first kappa shape index (κ1) is 16.3. The Labute approximate surface area is 121 Å². The van der Waals surface area contributed by atoms with Crippen LogP contribution in [0, 0.1) is 17.6 Å². The molecule has 0 saturated carbocycles. The van der Waals surface area contributed by atoms with Crippen molar-refractivity contribution in [2.45, 2.75) is 13.8 Å². The maximum Gasteiger partial charge on any atom is 0.321 e. The number of nitrogens with zero attached hydrogens (tertiary/aromatic N) is 1. The third-order valence-electron chi connectivity index (χ3n) is 2.82. The highest BCUT2D eigenvalue weighted by Crippen LogP contribution is 2.15. The molecule has 1 unspecified atom stereocenters. The Morgan fingerprint density at radius 1 is 1.50 bits per heavy atom. The number of thiocarbonyl (C=S) groups is 1. The van der Waals surface area contributed by atoms with Crippen LogP contribution in [-0.4, -0.2) is 29.0 Å². The van der Waals surface area contributed by atoms with Crippen LogP contribution in [0.15, 0.2) is 18.2 Å². The maximum atomic E-state index is 13.5. The van der Waals surface area contributed by atoms with E-state index in [-0.39, 0.29) is 11.6 Å². The van der Waals surface area contributed by atoms with Crippen LogP contribution in [0.1, 0.15) is 13.8 Å². The van der Waals surface area contributed by atoms with Gasteiger partial charge in [-0.05, 0) is 19.1 Å². The summed E-state index contributed by atoms with van der Waals surface area (Å²) in [6, 6.07) is 2.48. The van der Waals surface area contributed by atoms with Crippen LogP contribution in [0.4, 0.5) is 19.3 Å². The molecule has 20 heavy (non-hydrogen) atoms. The van der Waals surface area contributed by atoms with E-state index >= 15 is 0 Å². The summed E-state index contributed by atoms with van der Waals surface area (Å²) in [7, 11) is 0. The summed E-state index contributed by atoms with van der Waals surface area (Å²) in [5.41, 5.74) is 5.43. The van der Waals surface area contributed by atoms with Gasteiger partial charge >= 0.3 is 6.03 Å². The first-order valence-corrected chi connectivity index (χ1v) is 6.56. The molecule has 0 bridgehead atoms. The van der Waals surface area contributed by atoms with E-state index in [1.807, 2.05) is 0 Å². The summed E-state index contributed by atoms with van der Waals surface area (Å²) in [4.78, 5) is 13.8. The molecular weight excluding hydrogens is 284 g/mol. The van der Waals surface area contributed by atoms with Crippen LogP contribution in [0.5, 0.6) is 0 Å². The highest BCUT2D eigenvalue weighted by Gasteiger charge is 2.17. The number of hydrogen-bond acceptors (Lipinski definition) is 2. The summed E-state index contributed by atoms with van der Waals surface area (Å²) < 4.78 is 26.2. The Bertz CT molecular complexity index is 510. The lowest BCUT2D eigenvalue weighted by molar-refractivity contribution is 0.211. The number of amides is 2. The number of benzene rings is 1. The molecule has 0 aliphatic rings. The maximum absolute atomic E-state index is 13.5. The number of carbonyl (C=O) groups is 1. The van der Waals surface area contributed by atoms with Crippen molar-refractivity contribution in [2.75, 3.05) is 18.4 Å². The molecule has 4 nitrogen and oxygen atoms in total. The highest BCUT2D eigenvalue weighted by atomic mass is 32.1. The molecule has 0 radical (unpaired) electrons. The van der Waals surface area contributed by atoms with Gasteiger partial charge in [0.1, 0.15) is 11.6 Å². The molecule has 2 amide bonds. The summed E-state index contributed by atoms with van der Waals surface area (Å²) in [6.07, 6.45) is 0. The summed E-state index contributed by atoms with van der Waals surface area (Å²) >= 11 is 4.85. The van der Waals surface area contributed by atoms with E-state index in [1.54, 1.807) is 13.8 Å². The lowest BCUT2D eigenvalue weighted by Crippen LogP contribution is -2.40. The number of urea groups is 1. The van der Waals surface area contributed by atoms with Crippen molar-refractivity contribution in [1.82, 2.24) is 4.90 Å². The largest absolute Gasteiger partial charge is 0.393 e. The Kier molecular flexibility index (Phi) is 5.82. The molecular formula is C13H17F2N3OS. The predicted octanol–water partition coefficient (Wildman–Crippen LogP) is 2.74. The molecule has 1 aromatic rings. The molecule has 0 spiro atoms. The van der Waals surface area contributed by atoms with E-state index in [1.165, 1.54) is 11.0 Å². The number of hydrogen-bond donors (Lipinski definition) is 2. The molecule has 110 valence electrons. The minimum Gasteiger partial charge on any atom is -0.393 e. The van der Waals surface area contributed by atoms with Gasteiger partial charge in [-0.2, -0.15) is 0 Å². The molecule has 0 aliphatic carbocycles. The summed E-state index contributed by atoms with van der Waals surface area (Å²) in [6.45, 7) is 4.34. The van der Waals surface area contributed by atoms with Gasteiger partial charge in [-0.1, -0.05) is 19.1 Å². The summed E-state index contributed by atoms with van der Waals surface area (Å²) in [5.74, 6) is -1.67. The standard InChI is InChI=1S/C13H17F2N3OS/c1-3-18(7-8(2)12(16)20)13(19)17-11-5-4-9(14)6-10(11)15/h4-6,8H,3,7H2,1-2H3,(H2,16,20)(H,17,19). The van der Waals surface area contributed by atoms with Crippen LogP contribution in [0.25, 0.3) is 0 Å². The van der Waals surface area contributed by atoms with Crippen molar-refractivity contribution in [1.29, 1.82) is 0 Å². The van der Waals surface area contributed by atoms with E-state index in [9.17, 15) is 13.6 Å². The molecule has 1 atom stereocenters. The van der Waals surface area contributed by atoms with Crippen LogP contribution >= 0.6 is 12.2 Å². The number of nitrogens with two attached hydrogens (primary N) is 1. The van der Waals surface area contributed by atoms with Gasteiger partial charge in [0.05, 0.1) is 10.7 Å². The normalized spacial score (nSPS) is 11.8. The fraction of sp³-hybridized carbons (Fsp3) is 0.385. The SMILES string of the molecule is CCN(CC(C)C(N)=S)C(=O)Nc1ccc(F)cc1F. The van der Waals surface area contributed by atoms with Crippen LogP contribution in [0.3, 0.4) is 0 Å². The topological polar surface area (TPSA) is 58.4 Å². The Balaban J connectivity index is 2.74. The third kappa shape index (κ3) is 4.41. The molecule has 0 fully saturated rings. The van der Waals surface area contributed by atoms with Crippen molar-refractivity contribution in [3.8, 4) is 0 Å². The average molecular weight is 301 g/mol. The van der Waals surface area contributed by atoms with Gasteiger partial charge < -0.3 is 16.0 Å². The molecule has 7 heteroatoms. The second-order valence-electron chi connectivity index (χ2n) is 4.40. The van der Waals surface area contributed by atoms with E-state index in [4.69, 9.17) is 18.0 Å². The zero-order chi connectivity index (χ0) is 15.3. The fourth-order valence-corrected chi connectivity index (χ4v) is 1.64. The van der Waals surface area contributed by atoms with Crippen LogP contribution < -0.4 is 11.1 Å². The van der Waals surface area contributed by atoms with Gasteiger partial charge in [0, 0.05) is 25.1 Å². The lowest BCUT2D eigenvalue weighted by Gasteiger charge is -2.24. The van der Waals surface area contributed by atoms with Crippen molar-refractivity contribution >= 4 is 28.9 Å². The van der Waals surface area contributed by atoms with Gasteiger partial charge in [-0.3, -0.25) is 0 Å². The number of carbonyl (C=O) groups excluding carboxylic acids is 1. The predicted molar refractivity (Wildman–Crippen MR) is 78.6 cm³/mol. The van der Waals surface area contributed by atoms with E-state index in [2.05, 4.69) is 5.32 Å². The quantitative estimate of drug-likeness (QED) is 0.822. The summed E-state index contributed by atoms with van der Waals surface area (Å²) in [5, 5.41) is 2.39. The monoisotopic (exact) mass is 301 g/mol. The molecule has 1 aromatic carbocycles. The number of anilines is 1. The first-order chi connectivity index (χ1) is 9.35. The smallest absolute Gasteiger partial charge is 0.321 e. The van der Waals surface area contributed by atoms with Gasteiger partial charge in [-0.25, -0.2) is 13.6 Å². The van der Waals surface area contributed by atoms with E-state index < -0.39 is 17.7 Å². The molecule has 0 heterocycles. The average Bonchev–Trinajstić information content (AvgIpc) is 2.38. The number of halogens is 2. The minimum absolute atomic E-state index is 0.0715. The van der Waals surface area contributed by atoms with Crippen LogP contribution in [0.2, 0.25) is 0 Å². The first-order valence-electron chi connectivity index (χ1n) is 6.15. The van der Waals surface area contributed by atoms with Gasteiger partial charge in [0.2, 0.25) is 0 Å². The fourth-order valence-electron chi connectivity index (χ4n) is 1.56. The second-order valence-corrected chi connectivity index (χ2v) is 4.87. The third-order valence-corrected chi connectivity index (χ3v) is 3.22. The lowest BCUT2D eigenvalue weighted by atomic mass is 10.1. The Morgan fingerprint density at radius 2 is 2.15 bits per heavy atom. The van der Waals surface area contributed by atoms with Crippen molar-refractivity contribution in [2.24, 2.45) is 11.7 Å². The zero-order valence-corrected chi connectivity index (χ0v) is 12.1. The molecule has 1 rings (SSSR count). The molecule has 0 aromatic heterocycles. The van der Waals surface area contributed by atoms with Crippen molar-refractivity contribution < 1.29 is 13.6 Å².